The van der Waals surface area contributed by atoms with Crippen LogP contribution in [0.2, 0.25) is 0 Å². The third-order valence-electron chi connectivity index (χ3n) is 2.73. The van der Waals surface area contributed by atoms with Gasteiger partial charge in [-0.1, -0.05) is 13.3 Å². The molecule has 1 N–H and O–H groups in total. The van der Waals surface area contributed by atoms with Crippen LogP contribution in [0.3, 0.4) is 0 Å². The number of hydrogen-bond acceptors (Lipinski definition) is 3. The summed E-state index contributed by atoms with van der Waals surface area (Å²) in [6.45, 7) is 2.50. The Morgan fingerprint density at radius 2 is 2.06 bits per heavy atom. The number of aliphatic carboxylic acids is 1. The highest BCUT2D eigenvalue weighted by Crippen LogP contribution is 2.19. The highest BCUT2D eigenvalue weighted by molar-refractivity contribution is 7.86. The van der Waals surface area contributed by atoms with Gasteiger partial charge in [0.15, 0.2) is 0 Å². The zero-order chi connectivity index (χ0) is 12.3. The molecule has 1 fully saturated rings. The lowest BCUT2D eigenvalue weighted by Gasteiger charge is -2.35. The average Bonchev–Trinajstić information content (AvgIpc) is 2.19. The van der Waals surface area contributed by atoms with Crippen molar-refractivity contribution in [3.8, 4) is 0 Å². The van der Waals surface area contributed by atoms with E-state index in [1.807, 2.05) is 6.92 Å². The highest BCUT2D eigenvalue weighted by Gasteiger charge is 2.38. The molecule has 0 saturated carbocycles. The van der Waals surface area contributed by atoms with Gasteiger partial charge in [-0.25, -0.2) is 0 Å². The molecule has 1 rings (SSSR count). The van der Waals surface area contributed by atoms with Gasteiger partial charge in [0, 0.05) is 26.7 Å². The molecule has 1 saturated heterocycles. The molecule has 0 radical (unpaired) electrons. The molecule has 7 heteroatoms. The van der Waals surface area contributed by atoms with Crippen LogP contribution in [0.1, 0.15) is 19.8 Å². The Labute approximate surface area is 96.0 Å². The first-order chi connectivity index (χ1) is 7.39. The second kappa shape index (κ2) is 5.11. The first-order valence-corrected chi connectivity index (χ1v) is 6.73. The van der Waals surface area contributed by atoms with Gasteiger partial charge < -0.3 is 5.11 Å². The fourth-order valence-electron chi connectivity index (χ4n) is 1.70. The fraction of sp³-hybridized carbons (Fsp3) is 0.889. The van der Waals surface area contributed by atoms with Crippen molar-refractivity contribution >= 4 is 16.2 Å². The van der Waals surface area contributed by atoms with Crippen molar-refractivity contribution in [2.45, 2.75) is 19.8 Å². The van der Waals surface area contributed by atoms with Crippen molar-refractivity contribution in [2.24, 2.45) is 5.92 Å². The molecule has 0 amide bonds. The summed E-state index contributed by atoms with van der Waals surface area (Å²) in [6, 6.07) is 0. The number of carbonyl (C=O) groups is 1. The first-order valence-electron chi connectivity index (χ1n) is 5.33. The summed E-state index contributed by atoms with van der Waals surface area (Å²) >= 11 is 0. The third kappa shape index (κ3) is 2.72. The lowest BCUT2D eigenvalue weighted by molar-refractivity contribution is -0.142. The molecular formula is C9H18N2O4S. The second-order valence-corrected chi connectivity index (χ2v) is 6.07. The van der Waals surface area contributed by atoms with Crippen LogP contribution in [0.15, 0.2) is 0 Å². The Morgan fingerprint density at radius 3 is 2.56 bits per heavy atom. The van der Waals surface area contributed by atoms with E-state index in [0.717, 1.165) is 17.1 Å². The number of carboxylic acid groups (broad SMARTS) is 1. The smallest absolute Gasteiger partial charge is 0.309 e. The second-order valence-electron chi connectivity index (χ2n) is 4.04. The van der Waals surface area contributed by atoms with Crippen molar-refractivity contribution in [1.82, 2.24) is 8.61 Å². The molecule has 1 aliphatic rings. The predicted octanol–water partition coefficient (Wildman–Crippen LogP) is -0.0205. The Kier molecular flexibility index (Phi) is 4.28. The van der Waals surface area contributed by atoms with Crippen LogP contribution in [0.5, 0.6) is 0 Å². The van der Waals surface area contributed by atoms with Gasteiger partial charge in [-0.3, -0.25) is 4.79 Å². The summed E-state index contributed by atoms with van der Waals surface area (Å²) in [5.74, 6) is -1.58. The van der Waals surface area contributed by atoms with E-state index in [1.54, 1.807) is 0 Å². The molecule has 0 aromatic heterocycles. The van der Waals surface area contributed by atoms with Gasteiger partial charge in [0.05, 0.1) is 5.92 Å². The molecule has 6 nitrogen and oxygen atoms in total. The Balaban J connectivity index is 2.80. The van der Waals surface area contributed by atoms with Gasteiger partial charge in [-0.2, -0.15) is 17.0 Å². The van der Waals surface area contributed by atoms with E-state index in [4.69, 9.17) is 5.11 Å². The van der Waals surface area contributed by atoms with Crippen LogP contribution in [-0.2, 0) is 15.0 Å². The molecule has 1 unspecified atom stereocenters. The van der Waals surface area contributed by atoms with Crippen LogP contribution in [0, 0.1) is 5.92 Å². The van der Waals surface area contributed by atoms with Gasteiger partial charge in [0.25, 0.3) is 10.2 Å². The van der Waals surface area contributed by atoms with E-state index in [2.05, 4.69) is 0 Å². The van der Waals surface area contributed by atoms with E-state index >= 15 is 0 Å². The topological polar surface area (TPSA) is 77.9 Å². The summed E-state index contributed by atoms with van der Waals surface area (Å²) in [6.07, 6.45) is 1.63. The molecule has 0 aromatic carbocycles. The lowest BCUT2D eigenvalue weighted by atomic mass is 10.1. The molecule has 0 aliphatic carbocycles. The molecule has 1 atom stereocenters. The normalized spacial score (nSPS) is 26.8. The first kappa shape index (κ1) is 13.4. The summed E-state index contributed by atoms with van der Waals surface area (Å²) in [4.78, 5) is 10.9. The number of hydrogen-bond donors (Lipinski definition) is 1. The molecular weight excluding hydrogens is 232 g/mol. The average molecular weight is 250 g/mol. The molecule has 1 aliphatic heterocycles. The maximum atomic E-state index is 11.8. The van der Waals surface area contributed by atoms with Gasteiger partial charge >= 0.3 is 5.97 Å². The number of carboxylic acids is 1. The van der Waals surface area contributed by atoms with Crippen LogP contribution < -0.4 is 0 Å². The lowest BCUT2D eigenvalue weighted by Crippen LogP contribution is -2.54. The zero-order valence-electron chi connectivity index (χ0n) is 9.59. The number of nitrogens with zero attached hydrogens (tertiary/aromatic N) is 2. The van der Waals surface area contributed by atoms with Crippen molar-refractivity contribution in [3.63, 3.8) is 0 Å². The summed E-state index contributed by atoms with van der Waals surface area (Å²) in [5, 5.41) is 8.92. The van der Waals surface area contributed by atoms with E-state index in [1.165, 1.54) is 11.4 Å². The van der Waals surface area contributed by atoms with Gasteiger partial charge in [0.2, 0.25) is 0 Å². The van der Waals surface area contributed by atoms with E-state index < -0.39 is 22.1 Å². The van der Waals surface area contributed by atoms with Crippen molar-refractivity contribution < 1.29 is 18.3 Å². The molecule has 0 spiro atoms. The fourth-order valence-corrected chi connectivity index (χ4v) is 3.19. The Hall–Kier alpha value is -0.660. The van der Waals surface area contributed by atoms with E-state index in [9.17, 15) is 13.2 Å². The van der Waals surface area contributed by atoms with Crippen LogP contribution in [0.4, 0.5) is 0 Å². The standard InChI is InChI=1S/C9H18N2O4S/c1-3-4-5-11-7-8(9(12)13)6-10(2)16(11,14)15/h8H,3-7H2,1-2H3,(H,12,13). The Morgan fingerprint density at radius 1 is 1.44 bits per heavy atom. The molecule has 0 aromatic rings. The zero-order valence-corrected chi connectivity index (χ0v) is 10.4. The molecule has 94 valence electrons. The van der Waals surface area contributed by atoms with Crippen molar-refractivity contribution in [1.29, 1.82) is 0 Å². The third-order valence-corrected chi connectivity index (χ3v) is 4.65. The SMILES string of the molecule is CCCCN1CC(C(=O)O)CN(C)S1(=O)=O. The summed E-state index contributed by atoms with van der Waals surface area (Å²) in [5.41, 5.74) is 0. The minimum absolute atomic E-state index is 0.0558. The highest BCUT2D eigenvalue weighted by atomic mass is 32.2. The minimum Gasteiger partial charge on any atom is -0.481 e. The van der Waals surface area contributed by atoms with Gasteiger partial charge in [-0.15, -0.1) is 0 Å². The predicted molar refractivity (Wildman–Crippen MR) is 59.2 cm³/mol. The maximum Gasteiger partial charge on any atom is 0.309 e. The van der Waals surface area contributed by atoms with Gasteiger partial charge in [-0.05, 0) is 6.42 Å². The maximum absolute atomic E-state index is 11.8. The van der Waals surface area contributed by atoms with Crippen LogP contribution in [0.25, 0.3) is 0 Å². The molecule has 1 heterocycles. The quantitative estimate of drug-likeness (QED) is 0.760. The van der Waals surface area contributed by atoms with Crippen molar-refractivity contribution in [3.05, 3.63) is 0 Å². The van der Waals surface area contributed by atoms with Crippen LogP contribution in [-0.4, -0.2) is 54.8 Å². The summed E-state index contributed by atoms with van der Waals surface area (Å²) in [7, 11) is -2.02. The number of rotatable bonds is 4. The largest absolute Gasteiger partial charge is 0.481 e. The van der Waals surface area contributed by atoms with E-state index in [0.29, 0.717) is 6.54 Å². The van der Waals surface area contributed by atoms with Crippen LogP contribution >= 0.6 is 0 Å². The minimum atomic E-state index is -3.44. The Bertz CT molecular complexity index is 355. The number of unbranched alkanes of at least 4 members (excludes halogenated alkanes) is 1. The molecule has 16 heavy (non-hydrogen) atoms. The van der Waals surface area contributed by atoms with Gasteiger partial charge in [0.1, 0.15) is 0 Å². The van der Waals surface area contributed by atoms with Crippen molar-refractivity contribution in [2.75, 3.05) is 26.7 Å². The van der Waals surface area contributed by atoms with E-state index in [-0.39, 0.29) is 13.1 Å². The molecule has 0 bridgehead atoms. The summed E-state index contributed by atoms with van der Waals surface area (Å²) < 4.78 is 26.1. The monoisotopic (exact) mass is 250 g/mol.